The quantitative estimate of drug-likeness (QED) is 0.519. The number of carbonyl (C=O) groups is 1. The summed E-state index contributed by atoms with van der Waals surface area (Å²) in [7, 11) is 0. The second kappa shape index (κ2) is 2.93. The summed E-state index contributed by atoms with van der Waals surface area (Å²) < 4.78 is 0. The average molecular weight is 155 g/mol. The van der Waals surface area contributed by atoms with Gasteiger partial charge in [-0.05, 0) is 0 Å². The van der Waals surface area contributed by atoms with Crippen LogP contribution in [-0.4, -0.2) is 26.3 Å². The third-order valence-electron chi connectivity index (χ3n) is 1.05. The molecular formula is C5H5N3O3. The van der Waals surface area contributed by atoms with Crippen LogP contribution in [0.15, 0.2) is 12.5 Å². The van der Waals surface area contributed by atoms with Gasteiger partial charge in [0.2, 0.25) is 0 Å². The number of nitrogens with zero attached hydrogens (tertiary/aromatic N) is 2. The van der Waals surface area contributed by atoms with Crippen LogP contribution >= 0.6 is 0 Å². The van der Waals surface area contributed by atoms with Crippen LogP contribution in [0.25, 0.3) is 0 Å². The molecule has 1 aromatic rings. The van der Waals surface area contributed by atoms with E-state index in [1.807, 2.05) is 0 Å². The normalized spacial score (nSPS) is 9.18. The van der Waals surface area contributed by atoms with Crippen molar-refractivity contribution >= 4 is 11.8 Å². The fraction of sp³-hybridized carbons (Fsp3) is 0. The highest BCUT2D eigenvalue weighted by Crippen LogP contribution is 2.07. The molecule has 0 aliphatic heterocycles. The molecule has 0 atom stereocenters. The molecule has 1 heterocycles. The van der Waals surface area contributed by atoms with Gasteiger partial charge in [-0.2, -0.15) is 0 Å². The maximum absolute atomic E-state index is 10.3. The highest BCUT2D eigenvalue weighted by Gasteiger charge is 2.09. The Morgan fingerprint density at radius 2 is 2.36 bits per heavy atom. The SMILES string of the molecule is O=C(O)c1cncnc1NO. The van der Waals surface area contributed by atoms with Crippen molar-refractivity contribution < 1.29 is 15.1 Å². The van der Waals surface area contributed by atoms with Crippen LogP contribution in [0.1, 0.15) is 10.4 Å². The minimum atomic E-state index is -1.19. The van der Waals surface area contributed by atoms with Crippen molar-refractivity contribution in [3.63, 3.8) is 0 Å². The Bertz CT molecular complexity index is 275. The van der Waals surface area contributed by atoms with Gasteiger partial charge in [0.15, 0.2) is 5.82 Å². The predicted octanol–water partition coefficient (Wildman–Crippen LogP) is -0.0241. The Balaban J connectivity index is 3.12. The van der Waals surface area contributed by atoms with Gasteiger partial charge < -0.3 is 5.11 Å². The fourth-order valence-corrected chi connectivity index (χ4v) is 0.575. The molecule has 0 aliphatic carbocycles. The van der Waals surface area contributed by atoms with E-state index in [0.717, 1.165) is 12.5 Å². The van der Waals surface area contributed by atoms with Gasteiger partial charge >= 0.3 is 5.97 Å². The molecule has 11 heavy (non-hydrogen) atoms. The number of anilines is 1. The van der Waals surface area contributed by atoms with Gasteiger partial charge in [-0.25, -0.2) is 14.8 Å². The van der Waals surface area contributed by atoms with Crippen molar-refractivity contribution in [1.82, 2.24) is 9.97 Å². The zero-order valence-corrected chi connectivity index (χ0v) is 5.35. The monoisotopic (exact) mass is 155 g/mol. The molecule has 0 aromatic carbocycles. The van der Waals surface area contributed by atoms with Crippen LogP contribution in [-0.2, 0) is 0 Å². The Hall–Kier alpha value is -1.69. The second-order valence-electron chi connectivity index (χ2n) is 1.70. The summed E-state index contributed by atoms with van der Waals surface area (Å²) in [6.07, 6.45) is 2.22. The summed E-state index contributed by atoms with van der Waals surface area (Å²) in [6, 6.07) is 0. The van der Waals surface area contributed by atoms with Gasteiger partial charge in [0.05, 0.1) is 0 Å². The smallest absolute Gasteiger partial charge is 0.341 e. The van der Waals surface area contributed by atoms with E-state index >= 15 is 0 Å². The molecule has 6 nitrogen and oxygen atoms in total. The lowest BCUT2D eigenvalue weighted by Crippen LogP contribution is -2.05. The molecule has 0 bridgehead atoms. The lowest BCUT2D eigenvalue weighted by atomic mass is 10.3. The molecule has 1 rings (SSSR count). The number of hydrogen-bond donors (Lipinski definition) is 3. The molecule has 1 aromatic heterocycles. The number of carboxylic acid groups (broad SMARTS) is 1. The first-order chi connectivity index (χ1) is 5.25. The molecule has 58 valence electrons. The minimum absolute atomic E-state index is 0.118. The van der Waals surface area contributed by atoms with Gasteiger partial charge in [0.25, 0.3) is 0 Å². The van der Waals surface area contributed by atoms with E-state index in [1.165, 1.54) is 0 Å². The zero-order chi connectivity index (χ0) is 8.27. The van der Waals surface area contributed by atoms with E-state index in [1.54, 1.807) is 5.48 Å². The maximum Gasteiger partial charge on any atom is 0.341 e. The third-order valence-corrected chi connectivity index (χ3v) is 1.05. The summed E-state index contributed by atoms with van der Waals surface area (Å²) in [5, 5.41) is 16.8. The van der Waals surface area contributed by atoms with Crippen LogP contribution in [0.4, 0.5) is 5.82 Å². The first-order valence-electron chi connectivity index (χ1n) is 2.69. The molecule has 0 saturated heterocycles. The molecule has 0 radical (unpaired) electrons. The lowest BCUT2D eigenvalue weighted by Gasteiger charge is -1.99. The minimum Gasteiger partial charge on any atom is -0.477 e. The van der Waals surface area contributed by atoms with Crippen LogP contribution in [0.3, 0.4) is 0 Å². The van der Waals surface area contributed by atoms with Crippen LogP contribution in [0, 0.1) is 0 Å². The number of aromatic carboxylic acids is 1. The van der Waals surface area contributed by atoms with Crippen molar-refractivity contribution in [2.24, 2.45) is 0 Å². The Kier molecular flexibility index (Phi) is 1.98. The fourth-order valence-electron chi connectivity index (χ4n) is 0.575. The van der Waals surface area contributed by atoms with E-state index in [9.17, 15) is 4.79 Å². The Morgan fingerprint density at radius 3 is 2.82 bits per heavy atom. The summed E-state index contributed by atoms with van der Waals surface area (Å²) in [5.41, 5.74) is 1.47. The summed E-state index contributed by atoms with van der Waals surface area (Å²) in [4.78, 5) is 17.3. The Morgan fingerprint density at radius 1 is 1.64 bits per heavy atom. The third kappa shape index (κ3) is 1.41. The number of aromatic nitrogens is 2. The van der Waals surface area contributed by atoms with Crippen LogP contribution < -0.4 is 5.48 Å². The molecule has 3 N–H and O–H groups in total. The van der Waals surface area contributed by atoms with Crippen LogP contribution in [0.2, 0.25) is 0 Å². The van der Waals surface area contributed by atoms with Crippen molar-refractivity contribution in [2.45, 2.75) is 0 Å². The maximum atomic E-state index is 10.3. The highest BCUT2D eigenvalue weighted by atomic mass is 16.5. The van der Waals surface area contributed by atoms with Gasteiger partial charge in [0.1, 0.15) is 11.9 Å². The van der Waals surface area contributed by atoms with Crippen molar-refractivity contribution in [1.29, 1.82) is 0 Å². The number of rotatable bonds is 2. The first-order valence-corrected chi connectivity index (χ1v) is 2.69. The molecular weight excluding hydrogens is 150 g/mol. The number of nitrogens with one attached hydrogen (secondary N) is 1. The molecule has 0 unspecified atom stereocenters. The van der Waals surface area contributed by atoms with Gasteiger partial charge in [-0.3, -0.25) is 10.7 Å². The average Bonchev–Trinajstić information content (AvgIpc) is 2.04. The molecule has 0 saturated carbocycles. The Labute approximate surface area is 61.5 Å². The largest absolute Gasteiger partial charge is 0.477 e. The highest BCUT2D eigenvalue weighted by molar-refractivity contribution is 5.92. The zero-order valence-electron chi connectivity index (χ0n) is 5.35. The number of hydrogen-bond acceptors (Lipinski definition) is 5. The predicted molar refractivity (Wildman–Crippen MR) is 34.4 cm³/mol. The molecule has 0 spiro atoms. The first kappa shape index (κ1) is 7.42. The van der Waals surface area contributed by atoms with E-state index in [-0.39, 0.29) is 11.4 Å². The molecule has 0 aliphatic rings. The topological polar surface area (TPSA) is 95.3 Å². The summed E-state index contributed by atoms with van der Waals surface area (Å²) in [6.45, 7) is 0. The lowest BCUT2D eigenvalue weighted by molar-refractivity contribution is 0.0696. The van der Waals surface area contributed by atoms with E-state index < -0.39 is 5.97 Å². The molecule has 0 fully saturated rings. The van der Waals surface area contributed by atoms with E-state index in [0.29, 0.717) is 0 Å². The van der Waals surface area contributed by atoms with Gasteiger partial charge in [-0.1, -0.05) is 0 Å². The standard InChI is InChI=1S/C5H5N3O3/c9-5(10)3-1-6-2-7-4(3)8-11/h1-2,11H,(H,9,10)(H,6,7,8). The van der Waals surface area contributed by atoms with Crippen molar-refractivity contribution in [3.8, 4) is 0 Å². The summed E-state index contributed by atoms with van der Waals surface area (Å²) >= 11 is 0. The molecule has 0 amide bonds. The molecule has 6 heteroatoms. The van der Waals surface area contributed by atoms with Gasteiger partial charge in [-0.15, -0.1) is 0 Å². The van der Waals surface area contributed by atoms with E-state index in [2.05, 4.69) is 9.97 Å². The van der Waals surface area contributed by atoms with E-state index in [4.69, 9.17) is 10.3 Å². The van der Waals surface area contributed by atoms with Gasteiger partial charge in [0, 0.05) is 6.20 Å². The van der Waals surface area contributed by atoms with Crippen molar-refractivity contribution in [3.05, 3.63) is 18.1 Å². The number of carboxylic acids is 1. The summed E-state index contributed by atoms with van der Waals surface area (Å²) in [5.74, 6) is -1.31. The second-order valence-corrected chi connectivity index (χ2v) is 1.70. The van der Waals surface area contributed by atoms with Crippen molar-refractivity contribution in [2.75, 3.05) is 5.48 Å². The van der Waals surface area contributed by atoms with Crippen LogP contribution in [0.5, 0.6) is 0 Å².